The molecule has 0 atom stereocenters. The van der Waals surface area contributed by atoms with Crippen LogP contribution in [0, 0.1) is 6.92 Å². The molecule has 1 N–H and O–H groups in total. The first-order valence-electron chi connectivity index (χ1n) is 7.31. The van der Waals surface area contributed by atoms with Gasteiger partial charge in [0.2, 0.25) is 0 Å². The molecule has 0 aliphatic carbocycles. The van der Waals surface area contributed by atoms with Crippen LogP contribution in [0.15, 0.2) is 42.5 Å². The minimum Gasteiger partial charge on any atom is -0.384 e. The SMILES string of the molecule is CCN(CCNc1cccc(Cl)c1)Cc1cccc(C)n1. The largest absolute Gasteiger partial charge is 0.384 e. The molecule has 2 aromatic rings. The van der Waals surface area contributed by atoms with E-state index in [0.717, 1.165) is 48.3 Å². The maximum absolute atomic E-state index is 5.98. The van der Waals surface area contributed by atoms with Gasteiger partial charge in [-0.25, -0.2) is 0 Å². The fourth-order valence-electron chi connectivity index (χ4n) is 2.22. The summed E-state index contributed by atoms with van der Waals surface area (Å²) in [6.45, 7) is 7.95. The third kappa shape index (κ3) is 5.37. The number of aromatic nitrogens is 1. The molecular weight excluding hydrogens is 282 g/mol. The van der Waals surface area contributed by atoms with Crippen molar-refractivity contribution in [2.24, 2.45) is 0 Å². The zero-order valence-electron chi connectivity index (χ0n) is 12.6. The second-order valence-corrected chi connectivity index (χ2v) is 5.51. The van der Waals surface area contributed by atoms with Crippen LogP contribution in [-0.4, -0.2) is 29.5 Å². The summed E-state index contributed by atoms with van der Waals surface area (Å²) in [5.41, 5.74) is 3.26. The Morgan fingerprint density at radius 3 is 2.71 bits per heavy atom. The lowest BCUT2D eigenvalue weighted by Crippen LogP contribution is -2.29. The van der Waals surface area contributed by atoms with Crippen LogP contribution in [0.3, 0.4) is 0 Å². The number of rotatable bonds is 7. The van der Waals surface area contributed by atoms with Gasteiger partial charge in [0.15, 0.2) is 0 Å². The van der Waals surface area contributed by atoms with Crippen molar-refractivity contribution in [3.05, 3.63) is 58.9 Å². The number of hydrogen-bond acceptors (Lipinski definition) is 3. The van der Waals surface area contributed by atoms with Gasteiger partial charge in [0.1, 0.15) is 0 Å². The number of aryl methyl sites for hydroxylation is 1. The van der Waals surface area contributed by atoms with Crippen molar-refractivity contribution in [3.8, 4) is 0 Å². The highest BCUT2D eigenvalue weighted by atomic mass is 35.5. The van der Waals surface area contributed by atoms with E-state index in [4.69, 9.17) is 11.6 Å². The Morgan fingerprint density at radius 2 is 2.00 bits per heavy atom. The Kier molecular flexibility index (Phi) is 6.03. The first-order chi connectivity index (χ1) is 10.2. The fourth-order valence-corrected chi connectivity index (χ4v) is 2.41. The van der Waals surface area contributed by atoms with E-state index in [1.54, 1.807) is 0 Å². The van der Waals surface area contributed by atoms with E-state index in [2.05, 4.69) is 34.3 Å². The van der Waals surface area contributed by atoms with Gasteiger partial charge in [-0.05, 0) is 43.8 Å². The monoisotopic (exact) mass is 303 g/mol. The van der Waals surface area contributed by atoms with E-state index in [9.17, 15) is 0 Å². The number of benzene rings is 1. The van der Waals surface area contributed by atoms with Crippen LogP contribution in [0.25, 0.3) is 0 Å². The second kappa shape index (κ2) is 8.01. The molecule has 0 bridgehead atoms. The summed E-state index contributed by atoms with van der Waals surface area (Å²) < 4.78 is 0. The molecule has 3 nitrogen and oxygen atoms in total. The van der Waals surface area contributed by atoms with Crippen LogP contribution in [0.5, 0.6) is 0 Å². The molecule has 2 rings (SSSR count). The van der Waals surface area contributed by atoms with Crippen molar-refractivity contribution >= 4 is 17.3 Å². The lowest BCUT2D eigenvalue weighted by Gasteiger charge is -2.20. The van der Waals surface area contributed by atoms with Crippen LogP contribution in [0.4, 0.5) is 5.69 Å². The molecule has 21 heavy (non-hydrogen) atoms. The summed E-state index contributed by atoms with van der Waals surface area (Å²) in [6.07, 6.45) is 0. The Bertz CT molecular complexity index is 571. The van der Waals surface area contributed by atoms with Gasteiger partial charge in [-0.1, -0.05) is 30.7 Å². The topological polar surface area (TPSA) is 28.2 Å². The van der Waals surface area contributed by atoms with Gasteiger partial charge in [0.05, 0.1) is 5.69 Å². The summed E-state index contributed by atoms with van der Waals surface area (Å²) in [5.74, 6) is 0. The molecule has 0 fully saturated rings. The maximum atomic E-state index is 5.98. The van der Waals surface area contributed by atoms with Crippen molar-refractivity contribution in [2.45, 2.75) is 20.4 Å². The number of pyridine rings is 1. The quantitative estimate of drug-likeness (QED) is 0.838. The summed E-state index contributed by atoms with van der Waals surface area (Å²) in [7, 11) is 0. The smallest absolute Gasteiger partial charge is 0.0547 e. The zero-order valence-corrected chi connectivity index (χ0v) is 13.4. The first kappa shape index (κ1) is 15.8. The first-order valence-corrected chi connectivity index (χ1v) is 7.69. The zero-order chi connectivity index (χ0) is 15.1. The number of nitrogens with one attached hydrogen (secondary N) is 1. The molecule has 0 radical (unpaired) electrons. The molecule has 0 saturated carbocycles. The molecule has 1 aromatic carbocycles. The predicted molar refractivity (Wildman–Crippen MR) is 89.9 cm³/mol. The molecule has 0 saturated heterocycles. The van der Waals surface area contributed by atoms with Crippen LogP contribution in [-0.2, 0) is 6.54 Å². The molecule has 0 amide bonds. The van der Waals surface area contributed by atoms with Gasteiger partial charge >= 0.3 is 0 Å². The molecular formula is C17H22ClN3. The molecule has 0 spiro atoms. The van der Waals surface area contributed by atoms with Gasteiger partial charge in [0, 0.05) is 36.0 Å². The highest BCUT2D eigenvalue weighted by Gasteiger charge is 2.04. The summed E-state index contributed by atoms with van der Waals surface area (Å²) >= 11 is 5.98. The number of likely N-dealkylation sites (N-methyl/N-ethyl adjacent to an activating group) is 1. The molecule has 1 aromatic heterocycles. The molecule has 1 heterocycles. The van der Waals surface area contributed by atoms with Gasteiger partial charge < -0.3 is 5.32 Å². The van der Waals surface area contributed by atoms with Gasteiger partial charge in [0.25, 0.3) is 0 Å². The Hall–Kier alpha value is -1.58. The maximum Gasteiger partial charge on any atom is 0.0547 e. The van der Waals surface area contributed by atoms with Crippen LogP contribution in [0.2, 0.25) is 5.02 Å². The Balaban J connectivity index is 1.82. The van der Waals surface area contributed by atoms with Crippen molar-refractivity contribution < 1.29 is 0 Å². The number of hydrogen-bond donors (Lipinski definition) is 1. The Labute approximate surface area is 132 Å². The molecule has 0 aliphatic heterocycles. The van der Waals surface area contributed by atoms with Crippen LogP contribution in [0.1, 0.15) is 18.3 Å². The third-order valence-electron chi connectivity index (χ3n) is 3.36. The highest BCUT2D eigenvalue weighted by molar-refractivity contribution is 6.30. The van der Waals surface area contributed by atoms with Crippen molar-refractivity contribution in [2.75, 3.05) is 25.0 Å². The standard InChI is InChI=1S/C17H22ClN3/c1-3-21(13-17-9-4-6-14(2)20-17)11-10-19-16-8-5-7-15(18)12-16/h4-9,12,19H,3,10-11,13H2,1-2H3. The highest BCUT2D eigenvalue weighted by Crippen LogP contribution is 2.14. The average Bonchev–Trinajstić information content (AvgIpc) is 2.46. The van der Waals surface area contributed by atoms with E-state index in [1.165, 1.54) is 0 Å². The van der Waals surface area contributed by atoms with Crippen LogP contribution >= 0.6 is 11.6 Å². The lowest BCUT2D eigenvalue weighted by atomic mass is 10.3. The van der Waals surface area contributed by atoms with Crippen molar-refractivity contribution in [1.29, 1.82) is 0 Å². The van der Waals surface area contributed by atoms with Gasteiger partial charge in [-0.2, -0.15) is 0 Å². The molecule has 4 heteroatoms. The molecule has 112 valence electrons. The van der Waals surface area contributed by atoms with E-state index >= 15 is 0 Å². The fraction of sp³-hybridized carbons (Fsp3) is 0.353. The second-order valence-electron chi connectivity index (χ2n) is 5.08. The summed E-state index contributed by atoms with van der Waals surface area (Å²) in [6, 6.07) is 14.0. The van der Waals surface area contributed by atoms with E-state index < -0.39 is 0 Å². The molecule has 0 unspecified atom stereocenters. The van der Waals surface area contributed by atoms with Crippen LogP contribution < -0.4 is 5.32 Å². The molecule has 0 aliphatic rings. The van der Waals surface area contributed by atoms with E-state index in [0.29, 0.717) is 0 Å². The minimum absolute atomic E-state index is 0.760. The average molecular weight is 304 g/mol. The Morgan fingerprint density at radius 1 is 1.19 bits per heavy atom. The normalized spacial score (nSPS) is 10.9. The minimum atomic E-state index is 0.760. The van der Waals surface area contributed by atoms with Gasteiger partial charge in [-0.15, -0.1) is 0 Å². The van der Waals surface area contributed by atoms with Crippen molar-refractivity contribution in [1.82, 2.24) is 9.88 Å². The van der Waals surface area contributed by atoms with Gasteiger partial charge in [-0.3, -0.25) is 9.88 Å². The van der Waals surface area contributed by atoms with Crippen molar-refractivity contribution in [3.63, 3.8) is 0 Å². The number of anilines is 1. The van der Waals surface area contributed by atoms with E-state index in [-0.39, 0.29) is 0 Å². The number of nitrogens with zero attached hydrogens (tertiary/aromatic N) is 2. The number of halogens is 1. The predicted octanol–water partition coefficient (Wildman–Crippen LogP) is 3.98. The lowest BCUT2D eigenvalue weighted by molar-refractivity contribution is 0.287. The summed E-state index contributed by atoms with van der Waals surface area (Å²) in [5, 5.41) is 4.16. The van der Waals surface area contributed by atoms with E-state index in [1.807, 2.05) is 37.3 Å². The summed E-state index contributed by atoms with van der Waals surface area (Å²) in [4.78, 5) is 6.93. The third-order valence-corrected chi connectivity index (χ3v) is 3.60.